The SMILES string of the molecule is CN1CCN(Cc2ccc3c(c2)O[C@@H]2CCN(CCOc4c(cnn4C)-c4ccc5c(c4)c(nn5C4CCCCO4)C=C3)C2=O)CC1. The van der Waals surface area contributed by atoms with E-state index in [0.717, 1.165) is 97.6 Å². The summed E-state index contributed by atoms with van der Waals surface area (Å²) in [6.07, 6.45) is 9.11. The van der Waals surface area contributed by atoms with Gasteiger partial charge in [0.1, 0.15) is 12.4 Å². The maximum atomic E-state index is 13.5. The summed E-state index contributed by atoms with van der Waals surface area (Å²) in [6.45, 7) is 7.28. The van der Waals surface area contributed by atoms with Crippen molar-refractivity contribution in [3.8, 4) is 22.8 Å². The Morgan fingerprint density at radius 2 is 1.81 bits per heavy atom. The van der Waals surface area contributed by atoms with Crippen LogP contribution in [-0.2, 0) is 23.1 Å². The lowest BCUT2D eigenvalue weighted by molar-refractivity contribution is -0.133. The third-order valence-corrected chi connectivity index (χ3v) is 9.98. The summed E-state index contributed by atoms with van der Waals surface area (Å²) < 4.78 is 22.9. The van der Waals surface area contributed by atoms with Gasteiger partial charge in [0.15, 0.2) is 12.3 Å². The Balaban J connectivity index is 1.21. The van der Waals surface area contributed by atoms with E-state index in [9.17, 15) is 4.79 Å². The van der Waals surface area contributed by atoms with Gasteiger partial charge < -0.3 is 24.0 Å². The summed E-state index contributed by atoms with van der Waals surface area (Å²) >= 11 is 0. The largest absolute Gasteiger partial charge is 0.480 e. The predicted molar refractivity (Wildman–Crippen MR) is 180 cm³/mol. The molecule has 1 unspecified atom stereocenters. The van der Waals surface area contributed by atoms with Gasteiger partial charge in [-0.05, 0) is 67.8 Å². The molecule has 4 aliphatic rings. The number of aryl methyl sites for hydroxylation is 1. The molecular formula is C36H43N7O4. The van der Waals surface area contributed by atoms with E-state index in [1.807, 2.05) is 22.8 Å². The molecule has 246 valence electrons. The number of amides is 1. The molecular weight excluding hydrogens is 594 g/mol. The predicted octanol–water partition coefficient (Wildman–Crippen LogP) is 4.43. The molecule has 11 nitrogen and oxygen atoms in total. The number of hydrogen-bond acceptors (Lipinski definition) is 8. The molecule has 0 spiro atoms. The molecule has 0 N–H and O–H groups in total. The normalized spacial score (nSPS) is 22.6. The van der Waals surface area contributed by atoms with Crippen molar-refractivity contribution in [2.45, 2.75) is 44.6 Å². The zero-order chi connectivity index (χ0) is 31.9. The third kappa shape index (κ3) is 6.03. The number of carbonyl (C=O) groups excluding carboxylic acids is 1. The van der Waals surface area contributed by atoms with E-state index >= 15 is 0 Å². The minimum absolute atomic E-state index is 0.00198. The summed E-state index contributed by atoms with van der Waals surface area (Å²) in [5, 5.41) is 10.7. The summed E-state index contributed by atoms with van der Waals surface area (Å²) in [7, 11) is 4.06. The van der Waals surface area contributed by atoms with Crippen LogP contribution < -0.4 is 9.47 Å². The zero-order valence-electron chi connectivity index (χ0n) is 27.3. The molecule has 0 saturated carbocycles. The Hall–Kier alpha value is -4.19. The van der Waals surface area contributed by atoms with Crippen molar-refractivity contribution in [3.05, 3.63) is 59.4 Å². The van der Waals surface area contributed by atoms with Crippen LogP contribution in [0.4, 0.5) is 0 Å². The quantitative estimate of drug-likeness (QED) is 0.326. The highest BCUT2D eigenvalue weighted by Gasteiger charge is 2.34. The van der Waals surface area contributed by atoms with Crippen LogP contribution in [0.2, 0.25) is 0 Å². The van der Waals surface area contributed by atoms with Gasteiger partial charge in [-0.25, -0.2) is 9.36 Å². The number of fused-ring (bicyclic) bond motifs is 6. The number of hydrogen-bond donors (Lipinski definition) is 0. The molecule has 2 aromatic carbocycles. The topological polar surface area (TPSA) is 90.1 Å². The average molecular weight is 638 g/mol. The van der Waals surface area contributed by atoms with E-state index in [-0.39, 0.29) is 12.1 Å². The Bertz CT molecular complexity index is 1800. The fourth-order valence-electron chi connectivity index (χ4n) is 7.18. The number of nitrogens with zero attached hydrogens (tertiary/aromatic N) is 7. The van der Waals surface area contributed by atoms with Crippen molar-refractivity contribution in [1.29, 1.82) is 0 Å². The fourth-order valence-corrected chi connectivity index (χ4v) is 7.18. The Morgan fingerprint density at radius 1 is 0.915 bits per heavy atom. The van der Waals surface area contributed by atoms with Gasteiger partial charge in [0, 0.05) is 70.3 Å². The summed E-state index contributed by atoms with van der Waals surface area (Å²) in [6, 6.07) is 12.8. The molecule has 2 atom stereocenters. The average Bonchev–Trinajstić information content (AvgIpc) is 3.76. The summed E-state index contributed by atoms with van der Waals surface area (Å²) in [5.74, 6) is 1.41. The third-order valence-electron chi connectivity index (χ3n) is 9.98. The molecule has 4 aliphatic heterocycles. The molecule has 47 heavy (non-hydrogen) atoms. The van der Waals surface area contributed by atoms with E-state index < -0.39 is 6.10 Å². The van der Waals surface area contributed by atoms with Crippen molar-refractivity contribution < 1.29 is 19.0 Å². The summed E-state index contributed by atoms with van der Waals surface area (Å²) in [4.78, 5) is 20.2. The van der Waals surface area contributed by atoms with Crippen molar-refractivity contribution in [1.82, 2.24) is 34.3 Å². The van der Waals surface area contributed by atoms with Gasteiger partial charge in [-0.15, -0.1) is 0 Å². The highest BCUT2D eigenvalue weighted by Crippen LogP contribution is 2.36. The van der Waals surface area contributed by atoms with Crippen molar-refractivity contribution >= 4 is 29.0 Å². The Labute approximate surface area is 275 Å². The first-order valence-corrected chi connectivity index (χ1v) is 17.0. The Morgan fingerprint density at radius 3 is 2.66 bits per heavy atom. The van der Waals surface area contributed by atoms with Crippen molar-refractivity contribution in [2.24, 2.45) is 7.05 Å². The van der Waals surface area contributed by atoms with Gasteiger partial charge in [0.05, 0.1) is 29.5 Å². The van der Waals surface area contributed by atoms with E-state index in [0.29, 0.717) is 32.0 Å². The minimum Gasteiger partial charge on any atom is -0.480 e. The fraction of sp³-hybridized carbons (Fsp3) is 0.472. The van der Waals surface area contributed by atoms with Crippen LogP contribution in [0.3, 0.4) is 0 Å². The number of piperazine rings is 1. The maximum absolute atomic E-state index is 13.5. The lowest BCUT2D eigenvalue weighted by Gasteiger charge is -2.32. The minimum atomic E-state index is -0.534. The maximum Gasteiger partial charge on any atom is 0.263 e. The first-order chi connectivity index (χ1) is 23.0. The molecule has 1 amide bonds. The monoisotopic (exact) mass is 637 g/mol. The van der Waals surface area contributed by atoms with Crippen LogP contribution in [0.15, 0.2) is 42.6 Å². The molecule has 0 radical (unpaired) electrons. The van der Waals surface area contributed by atoms with Crippen molar-refractivity contribution in [3.63, 3.8) is 0 Å². The van der Waals surface area contributed by atoms with Gasteiger partial charge in [-0.3, -0.25) is 9.69 Å². The van der Waals surface area contributed by atoms with Gasteiger partial charge in [-0.2, -0.15) is 10.2 Å². The van der Waals surface area contributed by atoms with E-state index in [2.05, 4.69) is 70.5 Å². The van der Waals surface area contributed by atoms with Crippen LogP contribution in [0.1, 0.15) is 48.7 Å². The second-order valence-corrected chi connectivity index (χ2v) is 13.2. The highest BCUT2D eigenvalue weighted by molar-refractivity contribution is 5.94. The molecule has 6 heterocycles. The molecule has 0 aliphatic carbocycles. The Kier molecular flexibility index (Phi) is 8.20. The molecule has 3 fully saturated rings. The van der Waals surface area contributed by atoms with E-state index in [4.69, 9.17) is 19.3 Å². The van der Waals surface area contributed by atoms with Gasteiger partial charge >= 0.3 is 0 Å². The smallest absolute Gasteiger partial charge is 0.263 e. The van der Waals surface area contributed by atoms with Crippen molar-refractivity contribution in [2.75, 3.05) is 59.5 Å². The molecule has 4 aromatic rings. The van der Waals surface area contributed by atoms with Crippen LogP contribution >= 0.6 is 0 Å². The number of likely N-dealkylation sites (N-methyl/N-ethyl adjacent to an activating group) is 1. The molecule has 2 aromatic heterocycles. The number of benzene rings is 2. The van der Waals surface area contributed by atoms with Crippen LogP contribution in [0, 0.1) is 0 Å². The van der Waals surface area contributed by atoms with Gasteiger partial charge in [-0.1, -0.05) is 18.2 Å². The standard InChI is InChI=1S/C36H43N7O4/c1-39-14-16-41(17-15-39)24-25-6-7-26-8-10-30-28-22-27(9-11-31(28)43(38-30)34-5-3-4-19-45-34)29-23-37-40(2)36(29)46-20-18-42-13-12-32(35(42)44)47-33(26)21-25/h6-11,21-23,32,34H,3-5,12-20,24H2,1-2H3/t32-,34?/m1/s1. The lowest BCUT2D eigenvalue weighted by Crippen LogP contribution is -2.43. The second-order valence-electron chi connectivity index (χ2n) is 13.2. The lowest BCUT2D eigenvalue weighted by atomic mass is 10.0. The number of aromatic nitrogens is 4. The summed E-state index contributed by atoms with van der Waals surface area (Å²) in [5.41, 5.74) is 5.89. The molecule has 8 rings (SSSR count). The van der Waals surface area contributed by atoms with Crippen LogP contribution in [0.5, 0.6) is 11.6 Å². The second kappa shape index (κ2) is 12.8. The number of rotatable bonds is 3. The molecule has 11 heteroatoms. The highest BCUT2D eigenvalue weighted by atomic mass is 16.5. The van der Waals surface area contributed by atoms with Gasteiger partial charge in [0.2, 0.25) is 5.88 Å². The zero-order valence-corrected chi connectivity index (χ0v) is 27.3. The first kappa shape index (κ1) is 30.2. The number of carbonyl (C=O) groups is 1. The van der Waals surface area contributed by atoms with Crippen LogP contribution in [-0.4, -0.2) is 106 Å². The number of ether oxygens (including phenoxy) is 3. The van der Waals surface area contributed by atoms with Gasteiger partial charge in [0.25, 0.3) is 5.91 Å². The molecule has 3 saturated heterocycles. The van der Waals surface area contributed by atoms with E-state index in [1.54, 1.807) is 4.68 Å². The van der Waals surface area contributed by atoms with E-state index in [1.165, 1.54) is 5.56 Å². The first-order valence-electron chi connectivity index (χ1n) is 17.0. The molecule has 4 bridgehead atoms. The van der Waals surface area contributed by atoms with Crippen LogP contribution in [0.25, 0.3) is 34.2 Å².